The Morgan fingerprint density at radius 2 is 1.92 bits per heavy atom. The highest BCUT2D eigenvalue weighted by molar-refractivity contribution is 6.74. The van der Waals surface area contributed by atoms with Crippen LogP contribution in [0.3, 0.4) is 0 Å². The lowest BCUT2D eigenvalue weighted by molar-refractivity contribution is -0.0802. The Bertz CT molecular complexity index is 1320. The molecular formula is C29H39ClN6O2Si. The zero-order chi connectivity index (χ0) is 28.6. The summed E-state index contributed by atoms with van der Waals surface area (Å²) in [6.45, 7) is 17.8. The molecule has 0 aromatic carbocycles. The van der Waals surface area contributed by atoms with Crippen molar-refractivity contribution in [2.45, 2.75) is 96.8 Å². The van der Waals surface area contributed by atoms with E-state index in [4.69, 9.17) is 31.0 Å². The fraction of sp³-hybridized carbons (Fsp3) is 0.586. The van der Waals surface area contributed by atoms with Crippen molar-refractivity contribution in [1.82, 2.24) is 14.9 Å². The lowest BCUT2D eigenvalue weighted by Gasteiger charge is -2.51. The second kappa shape index (κ2) is 11.1. The molecule has 4 rings (SSSR count). The van der Waals surface area contributed by atoms with Gasteiger partial charge in [0.25, 0.3) is 0 Å². The van der Waals surface area contributed by atoms with Gasteiger partial charge in [0.05, 0.1) is 17.2 Å². The molecule has 0 unspecified atom stereocenters. The highest BCUT2D eigenvalue weighted by Gasteiger charge is 2.49. The maximum atomic E-state index is 9.72. The number of nitrogens with zero attached hydrogens (tertiary/aromatic N) is 5. The quantitative estimate of drug-likeness (QED) is 0.231. The number of halogens is 1. The van der Waals surface area contributed by atoms with Gasteiger partial charge in [-0.1, -0.05) is 38.4 Å². The van der Waals surface area contributed by atoms with Gasteiger partial charge in [-0.25, -0.2) is 9.97 Å². The maximum Gasteiger partial charge on any atom is 0.213 e. The Hall–Kier alpha value is -2.69. The van der Waals surface area contributed by atoms with E-state index in [2.05, 4.69) is 74.2 Å². The summed E-state index contributed by atoms with van der Waals surface area (Å²) in [5.41, 5.74) is 4.17. The molecule has 0 bridgehead atoms. The Kier molecular flexibility index (Phi) is 8.30. The number of nitrogens with one attached hydrogen (secondary N) is 1. The number of hydrogen-bond acceptors (Lipinski definition) is 8. The summed E-state index contributed by atoms with van der Waals surface area (Å²) in [6, 6.07) is 8.32. The molecule has 2 aromatic rings. The molecule has 1 N–H and O–H groups in total. The Morgan fingerprint density at radius 3 is 2.54 bits per heavy atom. The van der Waals surface area contributed by atoms with Crippen LogP contribution in [0.15, 0.2) is 12.1 Å². The molecule has 3 heterocycles. The number of anilines is 1. The molecule has 208 valence electrons. The lowest BCUT2D eigenvalue weighted by atomic mass is 9.79. The molecule has 0 amide bonds. The van der Waals surface area contributed by atoms with Gasteiger partial charge in [0, 0.05) is 49.8 Å². The van der Waals surface area contributed by atoms with E-state index in [0.717, 1.165) is 41.8 Å². The van der Waals surface area contributed by atoms with Crippen LogP contribution in [-0.2, 0) is 23.9 Å². The molecule has 0 saturated heterocycles. The molecule has 0 spiro atoms. The minimum absolute atomic E-state index is 0.114. The minimum Gasteiger partial charge on any atom is -0.474 e. The Morgan fingerprint density at radius 1 is 1.21 bits per heavy atom. The number of ether oxygens (including phenoxy) is 1. The first kappa shape index (κ1) is 29.3. The number of rotatable bonds is 8. The van der Waals surface area contributed by atoms with Gasteiger partial charge in [-0.2, -0.15) is 10.5 Å². The largest absolute Gasteiger partial charge is 0.474 e. The first-order chi connectivity index (χ1) is 18.2. The number of aromatic nitrogens is 2. The SMILES string of the molecule is Cc1nc(OC2CC(C)(O[Si](C)(C)C(C)(C)C)C2)ccc1CN1CCc2c(NCC#N)nc(Cl)c(C#N)c2C1. The normalized spacial score (nSPS) is 21.3. The van der Waals surface area contributed by atoms with Crippen LogP contribution in [0.5, 0.6) is 5.88 Å². The predicted octanol–water partition coefficient (Wildman–Crippen LogP) is 6.13. The second-order valence-electron chi connectivity index (χ2n) is 12.5. The van der Waals surface area contributed by atoms with Gasteiger partial charge >= 0.3 is 0 Å². The van der Waals surface area contributed by atoms with Gasteiger partial charge in [-0.05, 0) is 49.5 Å². The van der Waals surface area contributed by atoms with Crippen molar-refractivity contribution < 1.29 is 9.16 Å². The fourth-order valence-corrected chi connectivity index (χ4v) is 7.17. The standard InChI is InChI=1S/C29H39ClN6O2Si/c1-19-20(8-9-25(34-19)37-21-14-29(5,15-21)38-39(6,7)28(2,3)4)17-36-13-10-22-24(18-36)23(16-32)26(30)35-27(22)33-12-11-31/h8-9,21H,10,12-15,17-18H2,1-7H3,(H,33,35). The third-order valence-corrected chi connectivity index (χ3v) is 13.2. The molecule has 2 aromatic heterocycles. The second-order valence-corrected chi connectivity index (χ2v) is 17.6. The van der Waals surface area contributed by atoms with E-state index in [1.165, 1.54) is 0 Å². The van der Waals surface area contributed by atoms with E-state index in [-0.39, 0.29) is 28.4 Å². The molecule has 0 radical (unpaired) electrons. The smallest absolute Gasteiger partial charge is 0.213 e. The average molecular weight is 567 g/mol. The van der Waals surface area contributed by atoms with Crippen LogP contribution in [0.1, 0.15) is 68.5 Å². The summed E-state index contributed by atoms with van der Waals surface area (Å²) in [5, 5.41) is 22.1. The van der Waals surface area contributed by atoms with Crippen molar-refractivity contribution in [3.63, 3.8) is 0 Å². The molecule has 1 aliphatic carbocycles. The molecule has 10 heteroatoms. The van der Waals surface area contributed by atoms with E-state index in [9.17, 15) is 5.26 Å². The van der Waals surface area contributed by atoms with E-state index >= 15 is 0 Å². The van der Waals surface area contributed by atoms with E-state index in [1.807, 2.05) is 13.0 Å². The van der Waals surface area contributed by atoms with Crippen LogP contribution < -0.4 is 10.1 Å². The van der Waals surface area contributed by atoms with Crippen molar-refractivity contribution in [2.75, 3.05) is 18.4 Å². The first-order valence-corrected chi connectivity index (χ1v) is 16.8. The molecule has 2 aliphatic rings. The van der Waals surface area contributed by atoms with Gasteiger partial charge in [-0.3, -0.25) is 4.90 Å². The molecular weight excluding hydrogens is 528 g/mol. The topological polar surface area (TPSA) is 107 Å². The average Bonchev–Trinajstić information content (AvgIpc) is 2.82. The van der Waals surface area contributed by atoms with E-state index in [1.54, 1.807) is 0 Å². The Labute approximate surface area is 238 Å². The van der Waals surface area contributed by atoms with Crippen molar-refractivity contribution in [1.29, 1.82) is 10.5 Å². The molecule has 1 aliphatic heterocycles. The predicted molar refractivity (Wildman–Crippen MR) is 155 cm³/mol. The van der Waals surface area contributed by atoms with Gasteiger partial charge < -0.3 is 14.5 Å². The van der Waals surface area contributed by atoms with Gasteiger partial charge in [-0.15, -0.1) is 0 Å². The van der Waals surface area contributed by atoms with Crippen LogP contribution in [0.2, 0.25) is 23.3 Å². The molecule has 1 fully saturated rings. The number of fused-ring (bicyclic) bond motifs is 1. The number of pyridine rings is 2. The third-order valence-electron chi connectivity index (χ3n) is 8.35. The Balaban J connectivity index is 1.39. The van der Waals surface area contributed by atoms with Crippen molar-refractivity contribution >= 4 is 25.7 Å². The molecule has 0 atom stereocenters. The van der Waals surface area contributed by atoms with Crippen LogP contribution in [-0.4, -0.2) is 48.0 Å². The summed E-state index contributed by atoms with van der Waals surface area (Å²) in [6.07, 6.45) is 2.58. The highest BCUT2D eigenvalue weighted by Crippen LogP contribution is 2.46. The first-order valence-electron chi connectivity index (χ1n) is 13.5. The number of hydrogen-bond donors (Lipinski definition) is 1. The molecule has 8 nitrogen and oxygen atoms in total. The maximum absolute atomic E-state index is 9.72. The summed E-state index contributed by atoms with van der Waals surface area (Å²) in [5.74, 6) is 1.24. The zero-order valence-electron chi connectivity index (χ0n) is 24.1. The van der Waals surface area contributed by atoms with Crippen molar-refractivity contribution in [2.24, 2.45) is 0 Å². The van der Waals surface area contributed by atoms with Gasteiger partial charge in [0.2, 0.25) is 5.88 Å². The lowest BCUT2D eigenvalue weighted by Crippen LogP contribution is -2.57. The monoisotopic (exact) mass is 566 g/mol. The van der Waals surface area contributed by atoms with Crippen molar-refractivity contribution in [3.8, 4) is 18.0 Å². The van der Waals surface area contributed by atoms with E-state index < -0.39 is 8.32 Å². The number of aryl methyl sites for hydroxylation is 1. The molecule has 39 heavy (non-hydrogen) atoms. The number of nitriles is 2. The fourth-order valence-electron chi connectivity index (χ4n) is 5.22. The summed E-state index contributed by atoms with van der Waals surface area (Å²) >= 11 is 6.32. The zero-order valence-corrected chi connectivity index (χ0v) is 25.9. The van der Waals surface area contributed by atoms with Crippen molar-refractivity contribution in [3.05, 3.63) is 45.2 Å². The minimum atomic E-state index is -1.83. The molecule has 1 saturated carbocycles. The summed E-state index contributed by atoms with van der Waals surface area (Å²) in [7, 11) is -1.83. The van der Waals surface area contributed by atoms with Crippen LogP contribution in [0.25, 0.3) is 0 Å². The summed E-state index contributed by atoms with van der Waals surface area (Å²) in [4.78, 5) is 11.4. The van der Waals surface area contributed by atoms with Gasteiger partial charge in [0.15, 0.2) is 8.32 Å². The highest BCUT2D eigenvalue weighted by atomic mass is 35.5. The van der Waals surface area contributed by atoms with Crippen LogP contribution in [0, 0.1) is 29.6 Å². The van der Waals surface area contributed by atoms with Crippen LogP contribution in [0.4, 0.5) is 5.82 Å². The van der Waals surface area contributed by atoms with Crippen LogP contribution >= 0.6 is 11.6 Å². The van der Waals surface area contributed by atoms with E-state index in [0.29, 0.717) is 36.8 Å². The van der Waals surface area contributed by atoms with Gasteiger partial charge in [0.1, 0.15) is 29.7 Å². The third kappa shape index (κ3) is 6.39. The summed E-state index contributed by atoms with van der Waals surface area (Å²) < 4.78 is 12.9.